The molecule has 1 aliphatic heterocycles. The van der Waals surface area contributed by atoms with Crippen LogP contribution in [0.15, 0.2) is 48.8 Å². The quantitative estimate of drug-likeness (QED) is 0.491. The maximum absolute atomic E-state index is 15.0. The minimum atomic E-state index is -1.71. The Balaban J connectivity index is 1.53. The molecular weight excluding hydrogens is 468 g/mol. The van der Waals surface area contributed by atoms with E-state index in [9.17, 15) is 17.8 Å². The van der Waals surface area contributed by atoms with Crippen molar-refractivity contribution >= 4 is 23.1 Å². The predicted molar refractivity (Wildman–Crippen MR) is 120 cm³/mol. The number of pyridine rings is 2. The summed E-state index contributed by atoms with van der Waals surface area (Å²) in [5.41, 5.74) is 0.832. The van der Waals surface area contributed by atoms with Crippen molar-refractivity contribution in [1.82, 2.24) is 19.6 Å². The number of carbonyl (C=O) groups excluding carboxylic acids is 1. The van der Waals surface area contributed by atoms with Crippen LogP contribution in [0.2, 0.25) is 0 Å². The number of hydrogen-bond donors (Lipinski definition) is 2. The predicted octanol–water partition coefficient (Wildman–Crippen LogP) is 4.22. The summed E-state index contributed by atoms with van der Waals surface area (Å²) in [5.74, 6) is -1.25. The van der Waals surface area contributed by atoms with Crippen LogP contribution in [-0.4, -0.2) is 31.7 Å². The minimum Gasteiger partial charge on any atom is -0.436 e. The van der Waals surface area contributed by atoms with E-state index in [0.717, 1.165) is 0 Å². The first-order valence-corrected chi connectivity index (χ1v) is 11.5. The highest BCUT2D eigenvalue weighted by Gasteiger charge is 2.33. The Bertz CT molecular complexity index is 1250. The van der Waals surface area contributed by atoms with Gasteiger partial charge in [-0.2, -0.15) is 0 Å². The molecule has 3 aromatic rings. The summed E-state index contributed by atoms with van der Waals surface area (Å²) in [6.45, 7) is 3.85. The van der Waals surface area contributed by atoms with Gasteiger partial charge in [0.1, 0.15) is 11.5 Å². The molecule has 2 unspecified atom stereocenters. The highest BCUT2D eigenvalue weighted by Crippen LogP contribution is 2.39. The van der Waals surface area contributed by atoms with Gasteiger partial charge in [0.05, 0.1) is 12.6 Å². The monoisotopic (exact) mass is 489 g/mol. The molecule has 34 heavy (non-hydrogen) atoms. The van der Waals surface area contributed by atoms with Crippen LogP contribution in [0.5, 0.6) is 17.4 Å². The van der Waals surface area contributed by atoms with Crippen molar-refractivity contribution in [2.24, 2.45) is 0 Å². The number of anilines is 1. The smallest absolute Gasteiger partial charge is 0.416 e. The molecular formula is C22H21F2N5O4S. The number of ether oxygens (including phenoxy) is 2. The number of fused-ring (bicyclic) bond motifs is 1. The third-order valence-corrected chi connectivity index (χ3v) is 5.98. The van der Waals surface area contributed by atoms with Crippen molar-refractivity contribution in [3.63, 3.8) is 0 Å². The number of amides is 1. The zero-order valence-corrected chi connectivity index (χ0v) is 19.1. The lowest BCUT2D eigenvalue weighted by Gasteiger charge is -2.34. The molecule has 2 atom stereocenters. The van der Waals surface area contributed by atoms with Gasteiger partial charge in [-0.1, -0.05) is 6.92 Å². The Hall–Kier alpha value is -3.64. The van der Waals surface area contributed by atoms with Crippen molar-refractivity contribution < 1.29 is 27.3 Å². The molecule has 0 spiro atoms. The summed E-state index contributed by atoms with van der Waals surface area (Å²) >= 11 is -1.71. The standard InChI is InChI=1S/C22H21F2N5O4S/c1-3-27-34(31)28-20-19(24)14(8-10-25-20)12-29-13(2)16-7-6-15(11-18(16)33-22(29)30)32-21-17(23)5-4-9-26-21/h4-11,13,27H,3,12H2,1-2H3,(H,25,28). The normalized spacial score (nSPS) is 15.9. The second-order valence-electron chi connectivity index (χ2n) is 7.27. The van der Waals surface area contributed by atoms with E-state index in [4.69, 9.17) is 9.47 Å². The second kappa shape index (κ2) is 10.1. The van der Waals surface area contributed by atoms with Gasteiger partial charge in [0.15, 0.2) is 28.6 Å². The fourth-order valence-electron chi connectivity index (χ4n) is 3.37. The molecule has 9 nitrogen and oxygen atoms in total. The third-order valence-electron chi connectivity index (χ3n) is 5.05. The van der Waals surface area contributed by atoms with Crippen molar-refractivity contribution in [3.05, 3.63) is 71.6 Å². The lowest BCUT2D eigenvalue weighted by molar-refractivity contribution is 0.116. The van der Waals surface area contributed by atoms with E-state index in [2.05, 4.69) is 19.4 Å². The number of hydrogen-bond acceptors (Lipinski definition) is 6. The van der Waals surface area contributed by atoms with Crippen LogP contribution in [-0.2, 0) is 17.7 Å². The number of aromatic nitrogens is 2. The van der Waals surface area contributed by atoms with E-state index < -0.39 is 34.9 Å². The molecule has 3 heterocycles. The van der Waals surface area contributed by atoms with E-state index in [0.29, 0.717) is 12.1 Å². The topological polar surface area (TPSA) is 106 Å². The fraction of sp³-hybridized carbons (Fsp3) is 0.227. The Labute approximate surface area is 196 Å². The molecule has 0 saturated carbocycles. The Kier molecular flexibility index (Phi) is 6.98. The summed E-state index contributed by atoms with van der Waals surface area (Å²) in [5, 5.41) is 0. The molecule has 0 fully saturated rings. The summed E-state index contributed by atoms with van der Waals surface area (Å²) in [6, 6.07) is 8.40. The molecule has 0 bridgehead atoms. The summed E-state index contributed by atoms with van der Waals surface area (Å²) in [4.78, 5) is 21.8. The lowest BCUT2D eigenvalue weighted by atomic mass is 10.0. The number of rotatable bonds is 8. The first-order chi connectivity index (χ1) is 16.4. The van der Waals surface area contributed by atoms with Crippen molar-refractivity contribution in [1.29, 1.82) is 0 Å². The van der Waals surface area contributed by atoms with Gasteiger partial charge in [0.2, 0.25) is 0 Å². The van der Waals surface area contributed by atoms with Gasteiger partial charge < -0.3 is 9.47 Å². The molecule has 0 saturated heterocycles. The number of carbonyl (C=O) groups is 1. The average Bonchev–Trinajstić information content (AvgIpc) is 2.80. The maximum atomic E-state index is 15.0. The van der Waals surface area contributed by atoms with Crippen LogP contribution in [0.25, 0.3) is 0 Å². The van der Waals surface area contributed by atoms with E-state index in [-0.39, 0.29) is 35.3 Å². The largest absolute Gasteiger partial charge is 0.436 e. The van der Waals surface area contributed by atoms with Gasteiger partial charge in [-0.3, -0.25) is 9.62 Å². The van der Waals surface area contributed by atoms with Gasteiger partial charge in [0, 0.05) is 36.1 Å². The highest BCUT2D eigenvalue weighted by molar-refractivity contribution is 7.84. The van der Waals surface area contributed by atoms with Crippen LogP contribution in [0.1, 0.15) is 31.0 Å². The van der Waals surface area contributed by atoms with Gasteiger partial charge >= 0.3 is 6.09 Å². The molecule has 2 N–H and O–H groups in total. The molecule has 178 valence electrons. The van der Waals surface area contributed by atoms with E-state index in [1.165, 1.54) is 41.6 Å². The van der Waals surface area contributed by atoms with E-state index in [1.54, 1.807) is 26.0 Å². The Morgan fingerprint density at radius 1 is 1.21 bits per heavy atom. The second-order valence-corrected chi connectivity index (χ2v) is 8.30. The molecule has 12 heteroatoms. The van der Waals surface area contributed by atoms with Crippen LogP contribution >= 0.6 is 0 Å². The number of nitrogens with one attached hydrogen (secondary N) is 2. The average molecular weight is 490 g/mol. The van der Waals surface area contributed by atoms with Gasteiger partial charge in [-0.25, -0.2) is 32.5 Å². The van der Waals surface area contributed by atoms with Gasteiger partial charge in [-0.15, -0.1) is 0 Å². The number of benzene rings is 1. The molecule has 2 aromatic heterocycles. The molecule has 1 aliphatic rings. The number of halogens is 2. The van der Waals surface area contributed by atoms with Crippen LogP contribution < -0.4 is 18.9 Å². The van der Waals surface area contributed by atoms with E-state index in [1.807, 2.05) is 0 Å². The summed E-state index contributed by atoms with van der Waals surface area (Å²) in [7, 11) is 0. The lowest BCUT2D eigenvalue weighted by Crippen LogP contribution is -2.39. The third kappa shape index (κ3) is 4.97. The van der Waals surface area contributed by atoms with Gasteiger partial charge in [-0.05, 0) is 37.3 Å². The van der Waals surface area contributed by atoms with Gasteiger partial charge in [0.25, 0.3) is 5.88 Å². The molecule has 1 aromatic carbocycles. The first-order valence-electron chi connectivity index (χ1n) is 10.3. The molecule has 0 aliphatic carbocycles. The Morgan fingerprint density at radius 3 is 2.79 bits per heavy atom. The molecule has 0 radical (unpaired) electrons. The highest BCUT2D eigenvalue weighted by atomic mass is 32.2. The fourth-order valence-corrected chi connectivity index (χ4v) is 4.02. The van der Waals surface area contributed by atoms with Crippen molar-refractivity contribution in [3.8, 4) is 17.4 Å². The van der Waals surface area contributed by atoms with E-state index >= 15 is 0 Å². The number of nitrogens with zero attached hydrogens (tertiary/aromatic N) is 3. The minimum absolute atomic E-state index is 0.103. The van der Waals surface area contributed by atoms with Crippen LogP contribution in [0.4, 0.5) is 19.4 Å². The summed E-state index contributed by atoms with van der Waals surface area (Å²) < 4.78 is 56.6. The molecule has 4 rings (SSSR count). The zero-order valence-electron chi connectivity index (χ0n) is 18.2. The SMILES string of the molecule is CCNS(=O)Nc1nccc(CN2C(=O)Oc3cc(Oc4ncccc4F)ccc3C2C)c1F. The van der Waals surface area contributed by atoms with Crippen molar-refractivity contribution in [2.75, 3.05) is 11.3 Å². The maximum Gasteiger partial charge on any atom is 0.416 e. The summed E-state index contributed by atoms with van der Waals surface area (Å²) in [6.07, 6.45) is 2.06. The van der Waals surface area contributed by atoms with Crippen molar-refractivity contribution in [2.45, 2.75) is 26.4 Å². The van der Waals surface area contributed by atoms with Crippen LogP contribution in [0.3, 0.4) is 0 Å². The molecule has 1 amide bonds. The zero-order chi connectivity index (χ0) is 24.2. The van der Waals surface area contributed by atoms with Crippen LogP contribution in [0, 0.1) is 11.6 Å². The Morgan fingerprint density at radius 2 is 2.03 bits per heavy atom. The first kappa shape index (κ1) is 23.5.